The first-order valence-corrected chi connectivity index (χ1v) is 5.03. The first kappa shape index (κ1) is 13.3. The topological polar surface area (TPSA) is 55.1 Å². The smallest absolute Gasteiger partial charge is 0.399 e. The van der Waals surface area contributed by atoms with Crippen molar-refractivity contribution < 1.29 is 18.0 Å². The van der Waals surface area contributed by atoms with Gasteiger partial charge in [0.15, 0.2) is 0 Å². The van der Waals surface area contributed by atoms with Crippen LogP contribution in [0.4, 0.5) is 24.5 Å². The Hall–Kier alpha value is -1.72. The maximum absolute atomic E-state index is 12.7. The van der Waals surface area contributed by atoms with Crippen molar-refractivity contribution in [1.29, 1.82) is 0 Å². The van der Waals surface area contributed by atoms with Gasteiger partial charge in [0, 0.05) is 17.8 Å². The fourth-order valence-corrected chi connectivity index (χ4v) is 1.40. The van der Waals surface area contributed by atoms with E-state index < -0.39 is 11.7 Å². The Labute approximate surface area is 96.8 Å². The van der Waals surface area contributed by atoms with Gasteiger partial charge in [-0.3, -0.25) is 4.79 Å². The molecule has 0 aliphatic heterocycles. The summed E-state index contributed by atoms with van der Waals surface area (Å²) < 4.78 is 38.0. The molecule has 0 bridgehead atoms. The fourth-order valence-electron chi connectivity index (χ4n) is 1.40. The number of amides is 1. The summed E-state index contributed by atoms with van der Waals surface area (Å²) >= 11 is 0. The monoisotopic (exact) mass is 246 g/mol. The van der Waals surface area contributed by atoms with E-state index in [0.717, 1.165) is 6.07 Å². The minimum Gasteiger partial charge on any atom is -0.399 e. The maximum Gasteiger partial charge on any atom is 0.416 e. The molecule has 0 aromatic heterocycles. The lowest BCUT2D eigenvalue weighted by Gasteiger charge is -2.15. The molecule has 17 heavy (non-hydrogen) atoms. The maximum atomic E-state index is 12.7. The van der Waals surface area contributed by atoms with E-state index in [2.05, 4.69) is 5.32 Å². The molecule has 0 heterocycles. The number of carbonyl (C=O) groups excluding carboxylic acids is 1. The van der Waals surface area contributed by atoms with Gasteiger partial charge in [-0.2, -0.15) is 13.2 Å². The lowest BCUT2D eigenvalue weighted by Crippen LogP contribution is -2.15. The average molecular weight is 246 g/mol. The summed E-state index contributed by atoms with van der Waals surface area (Å²) in [5.41, 5.74) is 4.60. The predicted molar refractivity (Wildman–Crippen MR) is 59.5 cm³/mol. The molecular formula is C11H13F3N2O. The zero-order valence-corrected chi connectivity index (χ0v) is 9.48. The van der Waals surface area contributed by atoms with Gasteiger partial charge in [0.05, 0.1) is 5.56 Å². The van der Waals surface area contributed by atoms with Crippen LogP contribution < -0.4 is 11.1 Å². The van der Waals surface area contributed by atoms with E-state index in [1.165, 1.54) is 13.0 Å². The lowest BCUT2D eigenvalue weighted by molar-refractivity contribution is -0.138. The van der Waals surface area contributed by atoms with E-state index in [4.69, 9.17) is 5.73 Å². The van der Waals surface area contributed by atoms with Crippen molar-refractivity contribution in [2.24, 2.45) is 0 Å². The van der Waals surface area contributed by atoms with Crippen molar-refractivity contribution in [3.63, 3.8) is 0 Å². The summed E-state index contributed by atoms with van der Waals surface area (Å²) in [5.74, 6) is -0.355. The van der Waals surface area contributed by atoms with Gasteiger partial charge in [-0.15, -0.1) is 0 Å². The number of nitrogens with two attached hydrogens (primary N) is 1. The van der Waals surface area contributed by atoms with E-state index >= 15 is 0 Å². The first-order valence-electron chi connectivity index (χ1n) is 5.03. The Bertz CT molecular complexity index is 441. The molecule has 0 saturated carbocycles. The number of carbonyl (C=O) groups is 1. The Morgan fingerprint density at radius 3 is 2.47 bits per heavy atom. The van der Waals surface area contributed by atoms with Gasteiger partial charge in [0.2, 0.25) is 5.91 Å². The highest BCUT2D eigenvalue weighted by molar-refractivity contribution is 5.92. The van der Waals surface area contributed by atoms with E-state index in [1.807, 2.05) is 0 Å². The number of hydrogen-bond acceptors (Lipinski definition) is 2. The van der Waals surface area contributed by atoms with Crippen LogP contribution in [-0.4, -0.2) is 5.91 Å². The van der Waals surface area contributed by atoms with Crippen molar-refractivity contribution >= 4 is 17.3 Å². The molecule has 0 radical (unpaired) electrons. The van der Waals surface area contributed by atoms with Crippen LogP contribution in [0.2, 0.25) is 0 Å². The largest absolute Gasteiger partial charge is 0.416 e. The second kappa shape index (κ2) is 4.65. The number of nitrogens with one attached hydrogen (secondary N) is 1. The Balaban J connectivity index is 3.24. The van der Waals surface area contributed by atoms with E-state index in [1.54, 1.807) is 6.92 Å². The third-order valence-electron chi connectivity index (χ3n) is 2.33. The number of halogens is 3. The normalized spacial score (nSPS) is 11.4. The quantitative estimate of drug-likeness (QED) is 0.788. The molecular weight excluding hydrogens is 233 g/mol. The zero-order chi connectivity index (χ0) is 13.2. The predicted octanol–water partition coefficient (Wildman–Crippen LogP) is 2.94. The lowest BCUT2D eigenvalue weighted by atomic mass is 10.0. The second-order valence-corrected chi connectivity index (χ2v) is 3.64. The molecule has 0 saturated heterocycles. The van der Waals surface area contributed by atoms with Gasteiger partial charge >= 0.3 is 6.18 Å². The highest BCUT2D eigenvalue weighted by Crippen LogP contribution is 2.36. The third kappa shape index (κ3) is 3.12. The van der Waals surface area contributed by atoms with Crippen LogP contribution >= 0.6 is 0 Å². The van der Waals surface area contributed by atoms with Crippen LogP contribution in [0.3, 0.4) is 0 Å². The van der Waals surface area contributed by atoms with Crippen molar-refractivity contribution in [3.8, 4) is 0 Å². The minimum absolute atomic E-state index is 0.0330. The SMILES string of the molecule is CCC(=O)Nc1cc(N)cc(C(F)(F)F)c1C. The number of nitrogen functional groups attached to an aromatic ring is 1. The van der Waals surface area contributed by atoms with Crippen LogP contribution in [0, 0.1) is 6.92 Å². The summed E-state index contributed by atoms with van der Waals surface area (Å²) in [6, 6.07) is 2.18. The molecule has 1 aromatic rings. The number of benzene rings is 1. The van der Waals surface area contributed by atoms with E-state index in [9.17, 15) is 18.0 Å². The molecule has 1 aromatic carbocycles. The fraction of sp³-hybridized carbons (Fsp3) is 0.364. The van der Waals surface area contributed by atoms with Crippen LogP contribution in [-0.2, 0) is 11.0 Å². The highest BCUT2D eigenvalue weighted by atomic mass is 19.4. The number of anilines is 2. The summed E-state index contributed by atoms with van der Waals surface area (Å²) in [6.07, 6.45) is -4.29. The summed E-state index contributed by atoms with van der Waals surface area (Å²) in [5, 5.41) is 2.39. The van der Waals surface area contributed by atoms with Crippen LogP contribution in [0.15, 0.2) is 12.1 Å². The van der Waals surface area contributed by atoms with Crippen molar-refractivity contribution in [3.05, 3.63) is 23.3 Å². The number of rotatable bonds is 2. The van der Waals surface area contributed by atoms with Crippen molar-refractivity contribution in [1.82, 2.24) is 0 Å². The Kier molecular flexibility index (Phi) is 3.65. The zero-order valence-electron chi connectivity index (χ0n) is 9.48. The summed E-state index contributed by atoms with van der Waals surface area (Å²) in [7, 11) is 0. The van der Waals surface area contributed by atoms with Crippen molar-refractivity contribution in [2.45, 2.75) is 26.4 Å². The van der Waals surface area contributed by atoms with E-state index in [0.29, 0.717) is 0 Å². The molecule has 0 fully saturated rings. The molecule has 3 nitrogen and oxygen atoms in total. The molecule has 0 aliphatic carbocycles. The Morgan fingerprint density at radius 1 is 1.41 bits per heavy atom. The third-order valence-corrected chi connectivity index (χ3v) is 2.33. The van der Waals surface area contributed by atoms with Crippen LogP contribution in [0.25, 0.3) is 0 Å². The molecule has 0 aliphatic rings. The minimum atomic E-state index is -4.48. The van der Waals surface area contributed by atoms with Crippen molar-refractivity contribution in [2.75, 3.05) is 11.1 Å². The highest BCUT2D eigenvalue weighted by Gasteiger charge is 2.33. The van der Waals surface area contributed by atoms with Gasteiger partial charge in [-0.25, -0.2) is 0 Å². The van der Waals surface area contributed by atoms with Crippen LogP contribution in [0.1, 0.15) is 24.5 Å². The van der Waals surface area contributed by atoms with Gasteiger partial charge in [0.25, 0.3) is 0 Å². The molecule has 94 valence electrons. The van der Waals surface area contributed by atoms with Gasteiger partial charge in [-0.1, -0.05) is 6.92 Å². The molecule has 0 atom stereocenters. The van der Waals surface area contributed by atoms with Gasteiger partial charge < -0.3 is 11.1 Å². The standard InChI is InChI=1S/C11H13F3N2O/c1-3-10(17)16-9-5-7(15)4-8(6(9)2)11(12,13)14/h4-5H,3,15H2,1-2H3,(H,16,17). The molecule has 3 N–H and O–H groups in total. The molecule has 1 rings (SSSR count). The molecule has 1 amide bonds. The molecule has 0 spiro atoms. The summed E-state index contributed by atoms with van der Waals surface area (Å²) in [6.45, 7) is 2.91. The van der Waals surface area contributed by atoms with Crippen LogP contribution in [0.5, 0.6) is 0 Å². The summed E-state index contributed by atoms with van der Waals surface area (Å²) in [4.78, 5) is 11.2. The first-order chi connectivity index (χ1) is 7.75. The average Bonchev–Trinajstić information content (AvgIpc) is 2.21. The molecule has 0 unspecified atom stereocenters. The number of hydrogen-bond donors (Lipinski definition) is 2. The van der Waals surface area contributed by atoms with E-state index in [-0.39, 0.29) is 29.3 Å². The second-order valence-electron chi connectivity index (χ2n) is 3.64. The Morgan fingerprint density at radius 2 is 2.00 bits per heavy atom. The van der Waals surface area contributed by atoms with Gasteiger partial charge in [-0.05, 0) is 24.6 Å². The number of alkyl halides is 3. The van der Waals surface area contributed by atoms with Gasteiger partial charge in [0.1, 0.15) is 0 Å². The molecule has 6 heteroatoms.